The first kappa shape index (κ1) is 18.4. The fourth-order valence-corrected chi connectivity index (χ4v) is 2.11. The molecule has 1 atom stereocenters. The lowest BCUT2D eigenvalue weighted by molar-refractivity contribution is -0.137. The topological polar surface area (TPSA) is 87.1 Å². The van der Waals surface area contributed by atoms with E-state index in [9.17, 15) is 14.7 Å². The van der Waals surface area contributed by atoms with Crippen LogP contribution in [0.2, 0.25) is 0 Å². The van der Waals surface area contributed by atoms with Crippen LogP contribution in [0.5, 0.6) is 0 Å². The number of carbonyl (C=O) groups excluding carboxylic acids is 1. The van der Waals surface area contributed by atoms with Gasteiger partial charge in [-0.25, -0.2) is 0 Å². The first-order valence-corrected chi connectivity index (χ1v) is 7.37. The second-order valence-electron chi connectivity index (χ2n) is 3.89. The maximum Gasteiger partial charge on any atom is 0.303 e. The van der Waals surface area contributed by atoms with Crippen LogP contribution >= 0.6 is 11.8 Å². The average molecular weight is 293 g/mol. The summed E-state index contributed by atoms with van der Waals surface area (Å²) in [5.74, 6) is -0.490. The van der Waals surface area contributed by atoms with Crippen LogP contribution in [0.25, 0.3) is 0 Å². The van der Waals surface area contributed by atoms with Gasteiger partial charge in [0.2, 0.25) is 0 Å². The number of hydrogen-bond donors (Lipinski definition) is 2. The van der Waals surface area contributed by atoms with Gasteiger partial charge in [-0.1, -0.05) is 25.6 Å². The number of likely N-dealkylation sites (N-methyl/N-ethyl adjacent to an activating group) is 1. The summed E-state index contributed by atoms with van der Waals surface area (Å²) in [4.78, 5) is 23.4. The van der Waals surface area contributed by atoms with E-state index in [-0.39, 0.29) is 24.6 Å². The molecule has 2 N–H and O–H groups in total. The molecule has 19 heavy (non-hydrogen) atoms. The van der Waals surface area contributed by atoms with Crippen molar-refractivity contribution in [1.82, 2.24) is 4.90 Å². The highest BCUT2D eigenvalue weighted by Gasteiger charge is 2.11. The number of ether oxygens (including phenoxy) is 1. The lowest BCUT2D eigenvalue weighted by atomic mass is 10.3. The molecule has 0 fully saturated rings. The summed E-state index contributed by atoms with van der Waals surface area (Å²) in [6.07, 6.45) is -0.710. The van der Waals surface area contributed by atoms with Gasteiger partial charge < -0.3 is 14.9 Å². The number of rotatable bonds is 11. The standard InChI is InChI=1S/C12H23NO5S/c1-3-13(4-2)10(14)9-18-7-8-19-12(17)6-5-11(15)16/h10,14H,3-9H2,1-2H3,(H,15,16). The zero-order chi connectivity index (χ0) is 14.7. The van der Waals surface area contributed by atoms with Crippen molar-refractivity contribution in [2.45, 2.75) is 32.9 Å². The van der Waals surface area contributed by atoms with E-state index in [0.717, 1.165) is 24.9 Å². The van der Waals surface area contributed by atoms with Gasteiger partial charge in [-0.3, -0.25) is 14.5 Å². The largest absolute Gasteiger partial charge is 0.481 e. The van der Waals surface area contributed by atoms with E-state index in [1.165, 1.54) is 0 Å². The Morgan fingerprint density at radius 2 is 1.89 bits per heavy atom. The number of carboxylic acid groups (broad SMARTS) is 1. The second-order valence-corrected chi connectivity index (χ2v) is 5.04. The molecule has 0 aromatic carbocycles. The molecule has 112 valence electrons. The molecule has 0 bridgehead atoms. The summed E-state index contributed by atoms with van der Waals surface area (Å²) in [5.41, 5.74) is 0. The molecule has 0 aromatic rings. The number of nitrogens with zero attached hydrogens (tertiary/aromatic N) is 1. The van der Waals surface area contributed by atoms with E-state index < -0.39 is 12.2 Å². The van der Waals surface area contributed by atoms with Crippen LogP contribution in [-0.4, -0.2) is 64.5 Å². The van der Waals surface area contributed by atoms with Gasteiger partial charge in [0, 0.05) is 12.2 Å². The molecule has 0 saturated carbocycles. The Labute approximate surface area is 118 Å². The fraction of sp³-hybridized carbons (Fsp3) is 0.833. The van der Waals surface area contributed by atoms with E-state index in [1.54, 1.807) is 0 Å². The van der Waals surface area contributed by atoms with Crippen LogP contribution in [0.15, 0.2) is 0 Å². The number of hydrogen-bond acceptors (Lipinski definition) is 6. The number of aliphatic hydroxyl groups is 1. The highest BCUT2D eigenvalue weighted by molar-refractivity contribution is 8.13. The Morgan fingerprint density at radius 3 is 2.42 bits per heavy atom. The zero-order valence-corrected chi connectivity index (χ0v) is 12.3. The lowest BCUT2D eigenvalue weighted by Gasteiger charge is -2.24. The number of carboxylic acids is 1. The van der Waals surface area contributed by atoms with Crippen molar-refractivity contribution < 1.29 is 24.5 Å². The van der Waals surface area contributed by atoms with Crippen molar-refractivity contribution in [3.63, 3.8) is 0 Å². The van der Waals surface area contributed by atoms with Gasteiger partial charge in [0.15, 0.2) is 5.12 Å². The quantitative estimate of drug-likeness (QED) is 0.430. The van der Waals surface area contributed by atoms with E-state index in [0.29, 0.717) is 12.4 Å². The minimum Gasteiger partial charge on any atom is -0.481 e. The summed E-state index contributed by atoms with van der Waals surface area (Å²) >= 11 is 1.07. The molecular formula is C12H23NO5S. The van der Waals surface area contributed by atoms with E-state index in [4.69, 9.17) is 9.84 Å². The van der Waals surface area contributed by atoms with Gasteiger partial charge in [0.25, 0.3) is 0 Å². The molecule has 0 spiro atoms. The summed E-state index contributed by atoms with van der Waals surface area (Å²) in [6.45, 7) is 6.01. The van der Waals surface area contributed by atoms with Crippen LogP contribution in [0.4, 0.5) is 0 Å². The van der Waals surface area contributed by atoms with E-state index in [1.807, 2.05) is 18.7 Å². The number of aliphatic carboxylic acids is 1. The summed E-state index contributed by atoms with van der Waals surface area (Å²) in [6, 6.07) is 0. The molecular weight excluding hydrogens is 270 g/mol. The Hall–Kier alpha value is -0.630. The number of aliphatic hydroxyl groups excluding tert-OH is 1. The minimum atomic E-state index is -0.965. The molecule has 0 aliphatic carbocycles. The molecule has 0 rings (SSSR count). The molecule has 0 radical (unpaired) electrons. The van der Waals surface area contributed by atoms with Gasteiger partial charge >= 0.3 is 5.97 Å². The summed E-state index contributed by atoms with van der Waals surface area (Å²) < 4.78 is 5.28. The highest BCUT2D eigenvalue weighted by atomic mass is 32.2. The lowest BCUT2D eigenvalue weighted by Crippen LogP contribution is -2.38. The Morgan fingerprint density at radius 1 is 1.26 bits per heavy atom. The Balaban J connectivity index is 3.54. The molecule has 0 heterocycles. The highest BCUT2D eigenvalue weighted by Crippen LogP contribution is 2.07. The third-order valence-electron chi connectivity index (χ3n) is 2.53. The van der Waals surface area contributed by atoms with Crippen molar-refractivity contribution in [3.8, 4) is 0 Å². The van der Waals surface area contributed by atoms with Gasteiger partial charge in [-0.2, -0.15) is 0 Å². The molecule has 0 saturated heterocycles. The molecule has 6 nitrogen and oxygen atoms in total. The fourth-order valence-electron chi connectivity index (χ4n) is 1.43. The normalized spacial score (nSPS) is 12.6. The summed E-state index contributed by atoms with van der Waals surface area (Å²) in [5, 5.41) is 18.0. The van der Waals surface area contributed by atoms with Gasteiger partial charge in [0.05, 0.1) is 19.6 Å². The predicted octanol–water partition coefficient (Wildman–Crippen LogP) is 0.788. The molecule has 0 aromatic heterocycles. The third kappa shape index (κ3) is 9.89. The van der Waals surface area contributed by atoms with Crippen LogP contribution in [0.1, 0.15) is 26.7 Å². The van der Waals surface area contributed by atoms with Crippen molar-refractivity contribution in [3.05, 3.63) is 0 Å². The maximum absolute atomic E-state index is 11.2. The molecule has 0 aliphatic heterocycles. The maximum atomic E-state index is 11.2. The SMILES string of the molecule is CCN(CC)C(O)COCCSC(=O)CCC(=O)O. The Kier molecular flexibility index (Phi) is 10.8. The van der Waals surface area contributed by atoms with Crippen LogP contribution in [0.3, 0.4) is 0 Å². The van der Waals surface area contributed by atoms with Crippen LogP contribution < -0.4 is 0 Å². The predicted molar refractivity (Wildman–Crippen MR) is 74.1 cm³/mol. The molecule has 0 amide bonds. The Bertz CT molecular complexity index is 271. The molecule has 7 heteroatoms. The van der Waals surface area contributed by atoms with Crippen molar-refractivity contribution in [1.29, 1.82) is 0 Å². The second kappa shape index (κ2) is 11.2. The van der Waals surface area contributed by atoms with Gasteiger partial charge in [-0.15, -0.1) is 0 Å². The zero-order valence-electron chi connectivity index (χ0n) is 11.5. The van der Waals surface area contributed by atoms with Gasteiger partial charge in [0.1, 0.15) is 6.23 Å². The first-order chi connectivity index (χ1) is 9.01. The minimum absolute atomic E-state index is 0.0437. The van der Waals surface area contributed by atoms with Crippen LogP contribution in [0, 0.1) is 0 Å². The summed E-state index contributed by atoms with van der Waals surface area (Å²) in [7, 11) is 0. The van der Waals surface area contributed by atoms with E-state index >= 15 is 0 Å². The monoisotopic (exact) mass is 293 g/mol. The van der Waals surface area contributed by atoms with Crippen molar-refractivity contribution in [2.24, 2.45) is 0 Å². The van der Waals surface area contributed by atoms with Crippen molar-refractivity contribution in [2.75, 3.05) is 32.1 Å². The molecule has 0 aliphatic rings. The smallest absolute Gasteiger partial charge is 0.303 e. The van der Waals surface area contributed by atoms with Gasteiger partial charge in [-0.05, 0) is 13.1 Å². The van der Waals surface area contributed by atoms with Crippen molar-refractivity contribution >= 4 is 22.8 Å². The first-order valence-electron chi connectivity index (χ1n) is 6.38. The molecule has 1 unspecified atom stereocenters. The average Bonchev–Trinajstić information content (AvgIpc) is 2.37. The van der Waals surface area contributed by atoms with Crippen LogP contribution in [-0.2, 0) is 14.3 Å². The number of thioether (sulfide) groups is 1. The third-order valence-corrected chi connectivity index (χ3v) is 3.43. The van der Waals surface area contributed by atoms with E-state index in [2.05, 4.69) is 0 Å². The number of carbonyl (C=O) groups is 2.